The zero-order chi connectivity index (χ0) is 9.26. The first kappa shape index (κ1) is 7.86. The highest BCUT2D eigenvalue weighted by molar-refractivity contribution is 5.95. The summed E-state index contributed by atoms with van der Waals surface area (Å²) in [5.41, 5.74) is 1.90. The maximum absolute atomic E-state index is 10.6. The van der Waals surface area contributed by atoms with Crippen LogP contribution < -0.4 is 4.90 Å². The Morgan fingerprint density at radius 2 is 2.23 bits per heavy atom. The maximum Gasteiger partial charge on any atom is 0.213 e. The molecule has 1 amide bonds. The van der Waals surface area contributed by atoms with Crippen molar-refractivity contribution in [3.63, 3.8) is 0 Å². The second-order valence-corrected chi connectivity index (χ2v) is 2.94. The molecule has 13 heavy (non-hydrogen) atoms. The van der Waals surface area contributed by atoms with Crippen molar-refractivity contribution in [3.05, 3.63) is 30.5 Å². The number of nitrogens with zero attached hydrogens (tertiary/aromatic N) is 1. The molecule has 0 aliphatic rings. The van der Waals surface area contributed by atoms with Gasteiger partial charge in [-0.3, -0.25) is 4.79 Å². The van der Waals surface area contributed by atoms with Gasteiger partial charge in [0.2, 0.25) is 6.41 Å². The smallest absolute Gasteiger partial charge is 0.213 e. The predicted octanol–water partition coefficient (Wildman–Crippen LogP) is 1.76. The van der Waals surface area contributed by atoms with Crippen molar-refractivity contribution >= 4 is 23.0 Å². The SMILES string of the molecule is CN(C=O)c1cccc2cc[nH]c12. The number of aromatic amines is 1. The third-order valence-corrected chi connectivity index (χ3v) is 2.10. The zero-order valence-corrected chi connectivity index (χ0v) is 7.32. The Morgan fingerprint density at radius 3 is 3.00 bits per heavy atom. The highest BCUT2D eigenvalue weighted by Crippen LogP contribution is 2.23. The molecule has 0 saturated carbocycles. The third kappa shape index (κ3) is 1.18. The van der Waals surface area contributed by atoms with Crippen molar-refractivity contribution in [2.24, 2.45) is 0 Å². The van der Waals surface area contributed by atoms with E-state index in [0.29, 0.717) is 0 Å². The van der Waals surface area contributed by atoms with E-state index in [1.165, 1.54) is 0 Å². The number of rotatable bonds is 2. The van der Waals surface area contributed by atoms with Crippen LogP contribution in [0.3, 0.4) is 0 Å². The minimum Gasteiger partial charge on any atom is -0.359 e. The molecule has 0 saturated heterocycles. The summed E-state index contributed by atoms with van der Waals surface area (Å²) in [6.07, 6.45) is 2.67. The molecule has 0 spiro atoms. The van der Waals surface area contributed by atoms with Crippen molar-refractivity contribution in [2.45, 2.75) is 0 Å². The van der Waals surface area contributed by atoms with Crippen LogP contribution in [0.2, 0.25) is 0 Å². The van der Waals surface area contributed by atoms with Crippen LogP contribution in [0.4, 0.5) is 5.69 Å². The van der Waals surface area contributed by atoms with Gasteiger partial charge in [-0.25, -0.2) is 0 Å². The van der Waals surface area contributed by atoms with E-state index < -0.39 is 0 Å². The van der Waals surface area contributed by atoms with Crippen molar-refractivity contribution < 1.29 is 4.79 Å². The summed E-state index contributed by atoms with van der Waals surface area (Å²) in [6.45, 7) is 0. The van der Waals surface area contributed by atoms with E-state index in [9.17, 15) is 4.79 Å². The third-order valence-electron chi connectivity index (χ3n) is 2.10. The van der Waals surface area contributed by atoms with Crippen molar-refractivity contribution in [2.75, 3.05) is 11.9 Å². The van der Waals surface area contributed by atoms with Crippen molar-refractivity contribution in [1.82, 2.24) is 4.98 Å². The van der Waals surface area contributed by atoms with Crippen LogP contribution in [0.15, 0.2) is 30.5 Å². The molecule has 0 radical (unpaired) electrons. The van der Waals surface area contributed by atoms with Crippen LogP contribution in [0.25, 0.3) is 10.9 Å². The Labute approximate surface area is 76.0 Å². The van der Waals surface area contributed by atoms with Crippen LogP contribution in [-0.2, 0) is 4.79 Å². The van der Waals surface area contributed by atoms with Crippen molar-refractivity contribution in [3.8, 4) is 0 Å². The largest absolute Gasteiger partial charge is 0.359 e. The maximum atomic E-state index is 10.6. The standard InChI is InChI=1S/C10H10N2O/c1-12(7-13)9-4-2-3-8-5-6-11-10(8)9/h2-7,11H,1H3. The lowest BCUT2D eigenvalue weighted by Crippen LogP contribution is -2.13. The number of hydrogen-bond acceptors (Lipinski definition) is 1. The summed E-state index contributed by atoms with van der Waals surface area (Å²) in [6, 6.07) is 7.84. The average Bonchev–Trinajstić information content (AvgIpc) is 2.63. The lowest BCUT2D eigenvalue weighted by Gasteiger charge is -2.11. The second-order valence-electron chi connectivity index (χ2n) is 2.94. The highest BCUT2D eigenvalue weighted by Gasteiger charge is 2.04. The molecule has 2 rings (SSSR count). The molecule has 0 aliphatic carbocycles. The number of carbonyl (C=O) groups excluding carboxylic acids is 1. The molecule has 0 atom stereocenters. The van der Waals surface area contributed by atoms with Gasteiger partial charge in [0.15, 0.2) is 0 Å². The fourth-order valence-electron chi connectivity index (χ4n) is 1.42. The summed E-state index contributed by atoms with van der Waals surface area (Å²) in [4.78, 5) is 15.2. The number of H-pyrrole nitrogens is 1. The van der Waals surface area contributed by atoms with E-state index in [4.69, 9.17) is 0 Å². The van der Waals surface area contributed by atoms with Gasteiger partial charge in [-0.05, 0) is 12.1 Å². The number of amides is 1. The molecule has 1 aromatic carbocycles. The molecule has 1 heterocycles. The first-order valence-corrected chi connectivity index (χ1v) is 4.07. The number of anilines is 1. The second kappa shape index (κ2) is 2.94. The van der Waals surface area contributed by atoms with Gasteiger partial charge in [0.25, 0.3) is 0 Å². The van der Waals surface area contributed by atoms with E-state index in [1.807, 2.05) is 30.5 Å². The number of fused-ring (bicyclic) bond motifs is 1. The minimum atomic E-state index is 0.801. The van der Waals surface area contributed by atoms with Crippen LogP contribution in [0.5, 0.6) is 0 Å². The number of nitrogens with one attached hydrogen (secondary N) is 1. The molecule has 3 nitrogen and oxygen atoms in total. The van der Waals surface area contributed by atoms with Crippen LogP contribution in [0, 0.1) is 0 Å². The molecule has 1 aromatic heterocycles. The zero-order valence-electron chi connectivity index (χ0n) is 7.32. The molecule has 2 aromatic rings. The Hall–Kier alpha value is -1.77. The molecule has 66 valence electrons. The van der Waals surface area contributed by atoms with Gasteiger partial charge >= 0.3 is 0 Å². The summed E-state index contributed by atoms with van der Waals surface area (Å²) >= 11 is 0. The quantitative estimate of drug-likeness (QED) is 0.692. The summed E-state index contributed by atoms with van der Waals surface area (Å²) in [7, 11) is 1.74. The first-order valence-electron chi connectivity index (χ1n) is 4.07. The average molecular weight is 174 g/mol. The Bertz CT molecular complexity index is 433. The van der Waals surface area contributed by atoms with Gasteiger partial charge < -0.3 is 9.88 Å². The first-order chi connectivity index (χ1) is 6.33. The monoisotopic (exact) mass is 174 g/mol. The molecular weight excluding hydrogens is 164 g/mol. The highest BCUT2D eigenvalue weighted by atomic mass is 16.1. The van der Waals surface area contributed by atoms with E-state index in [-0.39, 0.29) is 0 Å². The number of para-hydroxylation sites is 1. The summed E-state index contributed by atoms with van der Waals surface area (Å²) < 4.78 is 0. The van der Waals surface area contributed by atoms with E-state index in [2.05, 4.69) is 4.98 Å². The van der Waals surface area contributed by atoms with Gasteiger partial charge in [-0.2, -0.15) is 0 Å². The molecule has 0 fully saturated rings. The van der Waals surface area contributed by atoms with Crippen LogP contribution in [0.1, 0.15) is 0 Å². The van der Waals surface area contributed by atoms with E-state index in [1.54, 1.807) is 11.9 Å². The Balaban J connectivity index is 2.67. The number of aromatic nitrogens is 1. The van der Waals surface area contributed by atoms with E-state index >= 15 is 0 Å². The van der Waals surface area contributed by atoms with E-state index in [0.717, 1.165) is 23.0 Å². The molecule has 3 heteroatoms. The lowest BCUT2D eigenvalue weighted by molar-refractivity contribution is -0.107. The molecule has 0 bridgehead atoms. The molecule has 0 unspecified atom stereocenters. The van der Waals surface area contributed by atoms with Crippen LogP contribution in [-0.4, -0.2) is 18.4 Å². The van der Waals surface area contributed by atoms with Gasteiger partial charge in [-0.15, -0.1) is 0 Å². The molecule has 1 N–H and O–H groups in total. The fourth-order valence-corrected chi connectivity index (χ4v) is 1.42. The van der Waals surface area contributed by atoms with Gasteiger partial charge in [0.05, 0.1) is 11.2 Å². The normalized spacial score (nSPS) is 10.2. The number of benzene rings is 1. The Morgan fingerprint density at radius 1 is 1.38 bits per heavy atom. The number of carbonyl (C=O) groups is 1. The van der Waals surface area contributed by atoms with Gasteiger partial charge in [0.1, 0.15) is 0 Å². The van der Waals surface area contributed by atoms with Crippen molar-refractivity contribution in [1.29, 1.82) is 0 Å². The minimum absolute atomic E-state index is 0.801. The lowest BCUT2D eigenvalue weighted by atomic mass is 10.2. The fraction of sp³-hybridized carbons (Fsp3) is 0.100. The summed E-state index contributed by atoms with van der Waals surface area (Å²) in [5, 5.41) is 1.12. The molecule has 0 aliphatic heterocycles. The number of hydrogen-bond donors (Lipinski definition) is 1. The Kier molecular flexibility index (Phi) is 1.77. The predicted molar refractivity (Wildman–Crippen MR) is 52.8 cm³/mol. The topological polar surface area (TPSA) is 36.1 Å². The van der Waals surface area contributed by atoms with Gasteiger partial charge in [0, 0.05) is 18.6 Å². The molecular formula is C10H10N2O. The summed E-state index contributed by atoms with van der Waals surface area (Å²) in [5.74, 6) is 0. The van der Waals surface area contributed by atoms with Gasteiger partial charge in [-0.1, -0.05) is 12.1 Å². The van der Waals surface area contributed by atoms with Crippen LogP contribution >= 0.6 is 0 Å².